The fraction of sp³-hybridized carbons (Fsp3) is 0.308. The Labute approximate surface area is 132 Å². The number of rotatable bonds is 4. The van der Waals surface area contributed by atoms with Gasteiger partial charge in [-0.25, -0.2) is 18.4 Å². The average Bonchev–Trinajstić information content (AvgIpc) is 2.80. The summed E-state index contributed by atoms with van der Waals surface area (Å²) in [5.74, 6) is -2.21. The molecule has 0 aliphatic carbocycles. The van der Waals surface area contributed by atoms with Gasteiger partial charge in [-0.3, -0.25) is 9.59 Å². The predicted octanol–water partition coefficient (Wildman–Crippen LogP) is -0.263. The summed E-state index contributed by atoms with van der Waals surface area (Å²) >= 11 is 0. The topological polar surface area (TPSA) is 147 Å². The molecule has 1 aliphatic rings. The van der Waals surface area contributed by atoms with E-state index in [0.717, 1.165) is 4.90 Å². The van der Waals surface area contributed by atoms with Crippen molar-refractivity contribution in [2.45, 2.75) is 18.6 Å². The Morgan fingerprint density at radius 3 is 2.52 bits per heavy atom. The SMILES string of the molecule is CC(=O)Nc1ccc(N2CC(S(N)(=O)=O)CC2=O)c(C(=O)O)c1. The molecule has 1 atom stereocenters. The van der Waals surface area contributed by atoms with E-state index in [-0.39, 0.29) is 35.8 Å². The Bertz CT molecular complexity index is 789. The third kappa shape index (κ3) is 3.66. The van der Waals surface area contributed by atoms with Gasteiger partial charge in [-0.15, -0.1) is 0 Å². The number of carbonyl (C=O) groups excluding carboxylic acids is 2. The quantitative estimate of drug-likeness (QED) is 0.687. The summed E-state index contributed by atoms with van der Waals surface area (Å²) < 4.78 is 22.8. The molecule has 124 valence electrons. The minimum Gasteiger partial charge on any atom is -0.478 e. The van der Waals surface area contributed by atoms with Crippen LogP contribution in [-0.2, 0) is 19.6 Å². The number of benzene rings is 1. The van der Waals surface area contributed by atoms with Crippen molar-refractivity contribution in [3.05, 3.63) is 23.8 Å². The number of aromatic carboxylic acids is 1. The van der Waals surface area contributed by atoms with Gasteiger partial charge >= 0.3 is 5.97 Å². The van der Waals surface area contributed by atoms with E-state index in [4.69, 9.17) is 5.14 Å². The van der Waals surface area contributed by atoms with Gasteiger partial charge in [0.1, 0.15) is 5.25 Å². The molecule has 2 amide bonds. The van der Waals surface area contributed by atoms with Crippen LogP contribution < -0.4 is 15.4 Å². The van der Waals surface area contributed by atoms with Crippen molar-refractivity contribution < 1.29 is 27.9 Å². The molecule has 0 bridgehead atoms. The first kappa shape index (κ1) is 16.9. The molecule has 0 spiro atoms. The number of nitrogens with zero attached hydrogens (tertiary/aromatic N) is 1. The number of amides is 2. The molecule has 1 aliphatic heterocycles. The van der Waals surface area contributed by atoms with Crippen LogP contribution in [0.3, 0.4) is 0 Å². The molecular formula is C13H15N3O6S. The first-order chi connectivity index (χ1) is 10.6. The summed E-state index contributed by atoms with van der Waals surface area (Å²) in [6.45, 7) is 1.06. The molecular weight excluding hydrogens is 326 g/mol. The maximum absolute atomic E-state index is 12.0. The van der Waals surface area contributed by atoms with Crippen molar-refractivity contribution in [3.8, 4) is 0 Å². The first-order valence-electron chi connectivity index (χ1n) is 6.56. The molecule has 0 radical (unpaired) electrons. The van der Waals surface area contributed by atoms with Gasteiger partial charge in [0.15, 0.2) is 0 Å². The predicted molar refractivity (Wildman–Crippen MR) is 81.6 cm³/mol. The summed E-state index contributed by atoms with van der Waals surface area (Å²) in [7, 11) is -3.90. The van der Waals surface area contributed by atoms with Crippen molar-refractivity contribution in [1.29, 1.82) is 0 Å². The molecule has 2 rings (SSSR count). The van der Waals surface area contributed by atoms with Crippen LogP contribution in [0.2, 0.25) is 0 Å². The van der Waals surface area contributed by atoms with Gasteiger partial charge < -0.3 is 15.3 Å². The summed E-state index contributed by atoms with van der Waals surface area (Å²) in [6, 6.07) is 3.98. The Hall–Kier alpha value is -2.46. The molecule has 0 aromatic heterocycles. The van der Waals surface area contributed by atoms with Crippen LogP contribution in [0.15, 0.2) is 18.2 Å². The number of carboxylic acid groups (broad SMARTS) is 1. The van der Waals surface area contributed by atoms with Gasteiger partial charge in [-0.2, -0.15) is 0 Å². The lowest BCUT2D eigenvalue weighted by Crippen LogP contribution is -2.32. The number of carboxylic acids is 1. The summed E-state index contributed by atoms with van der Waals surface area (Å²) in [5.41, 5.74) is 0.0933. The third-order valence-electron chi connectivity index (χ3n) is 3.39. The van der Waals surface area contributed by atoms with Crippen LogP contribution in [0.4, 0.5) is 11.4 Å². The van der Waals surface area contributed by atoms with Gasteiger partial charge in [0.05, 0.1) is 11.3 Å². The van der Waals surface area contributed by atoms with E-state index in [1.165, 1.54) is 25.1 Å². The maximum Gasteiger partial charge on any atom is 0.337 e. The zero-order valence-electron chi connectivity index (χ0n) is 12.1. The van der Waals surface area contributed by atoms with E-state index in [1.54, 1.807) is 0 Å². The number of nitrogens with two attached hydrogens (primary N) is 1. The van der Waals surface area contributed by atoms with E-state index < -0.39 is 27.1 Å². The summed E-state index contributed by atoms with van der Waals surface area (Å²) in [4.78, 5) is 35.5. The average molecular weight is 341 g/mol. The van der Waals surface area contributed by atoms with Gasteiger partial charge in [-0.1, -0.05) is 0 Å². The van der Waals surface area contributed by atoms with Crippen LogP contribution in [0, 0.1) is 0 Å². The van der Waals surface area contributed by atoms with Crippen molar-refractivity contribution in [1.82, 2.24) is 0 Å². The second-order valence-electron chi connectivity index (χ2n) is 5.14. The smallest absolute Gasteiger partial charge is 0.337 e. The Morgan fingerprint density at radius 1 is 1.39 bits per heavy atom. The molecule has 10 heteroatoms. The van der Waals surface area contributed by atoms with E-state index >= 15 is 0 Å². The normalized spacial score (nSPS) is 18.1. The van der Waals surface area contributed by atoms with Crippen LogP contribution in [-0.4, -0.2) is 43.1 Å². The second-order valence-corrected chi connectivity index (χ2v) is 6.98. The molecule has 1 saturated heterocycles. The van der Waals surface area contributed by atoms with Crippen LogP contribution in [0.5, 0.6) is 0 Å². The van der Waals surface area contributed by atoms with E-state index in [1.807, 2.05) is 0 Å². The largest absolute Gasteiger partial charge is 0.478 e. The second kappa shape index (κ2) is 5.97. The van der Waals surface area contributed by atoms with Crippen molar-refractivity contribution >= 4 is 39.2 Å². The summed E-state index contributed by atoms with van der Waals surface area (Å²) in [6.07, 6.45) is -0.300. The zero-order valence-corrected chi connectivity index (χ0v) is 13.0. The van der Waals surface area contributed by atoms with Crippen molar-refractivity contribution in [2.75, 3.05) is 16.8 Å². The Morgan fingerprint density at radius 2 is 2.04 bits per heavy atom. The number of hydrogen-bond donors (Lipinski definition) is 3. The highest BCUT2D eigenvalue weighted by Crippen LogP contribution is 2.29. The number of anilines is 2. The number of nitrogens with one attached hydrogen (secondary N) is 1. The van der Waals surface area contributed by atoms with Crippen molar-refractivity contribution in [2.24, 2.45) is 5.14 Å². The van der Waals surface area contributed by atoms with Gasteiger partial charge in [0.2, 0.25) is 21.8 Å². The maximum atomic E-state index is 12.0. The molecule has 1 aromatic carbocycles. The highest BCUT2D eigenvalue weighted by atomic mass is 32.2. The molecule has 9 nitrogen and oxygen atoms in total. The molecule has 1 heterocycles. The first-order valence-corrected chi connectivity index (χ1v) is 8.17. The fourth-order valence-corrected chi connectivity index (χ4v) is 3.08. The molecule has 1 unspecified atom stereocenters. The van der Waals surface area contributed by atoms with E-state index in [0.29, 0.717) is 0 Å². The van der Waals surface area contributed by atoms with Gasteiger partial charge in [0, 0.05) is 25.6 Å². The number of primary sulfonamides is 1. The van der Waals surface area contributed by atoms with Crippen molar-refractivity contribution in [3.63, 3.8) is 0 Å². The Balaban J connectivity index is 2.41. The monoisotopic (exact) mass is 341 g/mol. The standard InChI is InChI=1S/C13H15N3O6S/c1-7(17)15-8-2-3-11(10(4-8)13(19)20)16-6-9(5-12(16)18)23(14,21)22/h2-4,9H,5-6H2,1H3,(H,15,17)(H,19,20)(H2,14,21,22). The third-order valence-corrected chi connectivity index (χ3v) is 4.64. The minimum absolute atomic E-state index is 0.0581. The number of carbonyl (C=O) groups is 3. The lowest BCUT2D eigenvalue weighted by atomic mass is 10.1. The van der Waals surface area contributed by atoms with E-state index in [2.05, 4.69) is 5.32 Å². The highest BCUT2D eigenvalue weighted by molar-refractivity contribution is 7.89. The van der Waals surface area contributed by atoms with Crippen LogP contribution in [0.1, 0.15) is 23.7 Å². The molecule has 1 fully saturated rings. The molecule has 0 saturated carbocycles. The zero-order chi connectivity index (χ0) is 17.4. The molecule has 4 N–H and O–H groups in total. The highest BCUT2D eigenvalue weighted by Gasteiger charge is 2.38. The van der Waals surface area contributed by atoms with E-state index in [9.17, 15) is 27.9 Å². The van der Waals surface area contributed by atoms with Gasteiger partial charge in [-0.05, 0) is 18.2 Å². The fourth-order valence-electron chi connectivity index (χ4n) is 2.35. The van der Waals surface area contributed by atoms with Crippen LogP contribution in [0.25, 0.3) is 0 Å². The Kier molecular flexibility index (Phi) is 4.39. The van der Waals surface area contributed by atoms with Crippen LogP contribution >= 0.6 is 0 Å². The number of hydrogen-bond acceptors (Lipinski definition) is 5. The lowest BCUT2D eigenvalue weighted by molar-refractivity contribution is -0.117. The lowest BCUT2D eigenvalue weighted by Gasteiger charge is -2.19. The number of sulfonamides is 1. The minimum atomic E-state index is -3.90. The summed E-state index contributed by atoms with van der Waals surface area (Å²) in [5, 5.41) is 15.7. The molecule has 1 aromatic rings. The van der Waals surface area contributed by atoms with Gasteiger partial charge in [0.25, 0.3) is 0 Å². The molecule has 23 heavy (non-hydrogen) atoms.